The third-order valence-corrected chi connectivity index (χ3v) is 5.09. The second kappa shape index (κ2) is 19.6. The van der Waals surface area contributed by atoms with Gasteiger partial charge in [0.2, 0.25) is 0 Å². The Bertz CT molecular complexity index is 350. The first-order valence-electron chi connectivity index (χ1n) is 11.2. The molecule has 0 aliphatic carbocycles. The van der Waals surface area contributed by atoms with Crippen molar-refractivity contribution in [2.45, 2.75) is 115 Å². The second-order valence-corrected chi connectivity index (χ2v) is 7.71. The van der Waals surface area contributed by atoms with Crippen molar-refractivity contribution in [3.05, 3.63) is 0 Å². The first-order valence-corrected chi connectivity index (χ1v) is 11.2. The number of carbonyl (C=O) groups excluding carboxylic acids is 1. The first-order chi connectivity index (χ1) is 13.5. The lowest BCUT2D eigenvalue weighted by Gasteiger charge is -2.24. The van der Waals surface area contributed by atoms with Crippen LogP contribution in [0.25, 0.3) is 0 Å². The van der Waals surface area contributed by atoms with E-state index in [1.165, 1.54) is 32.8 Å². The van der Waals surface area contributed by atoms with Gasteiger partial charge in [0, 0.05) is 6.42 Å². The van der Waals surface area contributed by atoms with Crippen molar-refractivity contribution in [1.82, 2.24) is 0 Å². The number of hydrogen-bond donors (Lipinski definition) is 3. The lowest BCUT2D eigenvalue weighted by Crippen LogP contribution is -2.33. The number of methoxy groups -OCH3 is 1. The number of hydrogen-bond acceptors (Lipinski definition) is 6. The van der Waals surface area contributed by atoms with Crippen molar-refractivity contribution in [2.24, 2.45) is 0 Å². The van der Waals surface area contributed by atoms with E-state index in [-0.39, 0.29) is 25.3 Å². The molecule has 3 unspecified atom stereocenters. The molecule has 6 nitrogen and oxygen atoms in total. The predicted octanol–water partition coefficient (Wildman–Crippen LogP) is 3.74. The number of ether oxygens (including phenoxy) is 2. The highest BCUT2D eigenvalue weighted by molar-refractivity contribution is 5.68. The van der Waals surface area contributed by atoms with Crippen molar-refractivity contribution in [2.75, 3.05) is 20.3 Å². The summed E-state index contributed by atoms with van der Waals surface area (Å²) < 4.78 is 10.3. The van der Waals surface area contributed by atoms with Crippen LogP contribution in [0, 0.1) is 0 Å². The minimum Gasteiger partial charge on any atom is -0.469 e. The Morgan fingerprint density at radius 3 is 2.04 bits per heavy atom. The second-order valence-electron chi connectivity index (χ2n) is 7.71. The van der Waals surface area contributed by atoms with Gasteiger partial charge in [0.25, 0.3) is 0 Å². The highest BCUT2D eigenvalue weighted by Gasteiger charge is 2.20. The highest BCUT2D eigenvalue weighted by Crippen LogP contribution is 2.18. The average molecular weight is 405 g/mol. The van der Waals surface area contributed by atoms with E-state index in [9.17, 15) is 15.0 Å². The van der Waals surface area contributed by atoms with Gasteiger partial charge in [0.05, 0.1) is 32.5 Å². The lowest BCUT2D eigenvalue weighted by molar-refractivity contribution is -0.140. The smallest absolute Gasteiger partial charge is 0.305 e. The van der Waals surface area contributed by atoms with E-state index in [0.717, 1.165) is 51.4 Å². The average Bonchev–Trinajstić information content (AvgIpc) is 2.71. The summed E-state index contributed by atoms with van der Waals surface area (Å²) in [6, 6.07) is 0. The van der Waals surface area contributed by atoms with E-state index in [0.29, 0.717) is 12.8 Å². The van der Waals surface area contributed by atoms with E-state index < -0.39 is 12.2 Å². The maximum absolute atomic E-state index is 11.1. The Labute approximate surface area is 171 Å². The van der Waals surface area contributed by atoms with E-state index in [1.807, 2.05) is 0 Å². The van der Waals surface area contributed by atoms with E-state index in [1.54, 1.807) is 0 Å². The molecule has 0 bridgehead atoms. The van der Waals surface area contributed by atoms with Gasteiger partial charge in [-0.1, -0.05) is 71.1 Å². The Kier molecular flexibility index (Phi) is 19.1. The molecule has 0 aromatic heterocycles. The molecule has 3 N–H and O–H groups in total. The number of carbonyl (C=O) groups is 1. The fraction of sp³-hybridized carbons (Fsp3) is 0.955. The third kappa shape index (κ3) is 16.3. The van der Waals surface area contributed by atoms with Gasteiger partial charge in [-0.05, 0) is 19.3 Å². The fourth-order valence-electron chi connectivity index (χ4n) is 3.24. The third-order valence-electron chi connectivity index (χ3n) is 5.09. The molecule has 0 saturated heterocycles. The Morgan fingerprint density at radius 1 is 0.857 bits per heavy atom. The van der Waals surface area contributed by atoms with E-state index in [4.69, 9.17) is 9.84 Å². The van der Waals surface area contributed by atoms with Crippen molar-refractivity contribution in [3.63, 3.8) is 0 Å². The molecular formula is C22H44O6. The molecule has 0 aliphatic rings. The van der Waals surface area contributed by atoms with Gasteiger partial charge < -0.3 is 24.8 Å². The first kappa shape index (κ1) is 27.3. The van der Waals surface area contributed by atoms with Crippen molar-refractivity contribution in [1.29, 1.82) is 0 Å². The van der Waals surface area contributed by atoms with Crippen molar-refractivity contribution in [3.8, 4) is 0 Å². The molecule has 168 valence electrons. The maximum Gasteiger partial charge on any atom is 0.305 e. The molecule has 0 aliphatic heterocycles. The van der Waals surface area contributed by atoms with E-state index in [2.05, 4.69) is 11.7 Å². The monoisotopic (exact) mass is 404 g/mol. The molecule has 0 heterocycles. The standard InChI is InChI=1S/C22H44O6/c1-3-4-5-6-8-11-14-20(25)21(28-18-19(24)17-23)15-12-9-7-10-13-16-22(26)27-2/h19-21,23-25H,3-18H2,1-2H3. The van der Waals surface area contributed by atoms with Crippen molar-refractivity contribution >= 4 is 5.97 Å². The van der Waals surface area contributed by atoms with Crippen LogP contribution >= 0.6 is 0 Å². The van der Waals surface area contributed by atoms with Gasteiger partial charge in [-0.25, -0.2) is 0 Å². The number of unbranched alkanes of at least 4 members (excludes halogenated alkanes) is 9. The predicted molar refractivity (Wildman–Crippen MR) is 111 cm³/mol. The van der Waals surface area contributed by atoms with Crippen molar-refractivity contribution < 1.29 is 29.6 Å². The van der Waals surface area contributed by atoms with Gasteiger partial charge in [-0.15, -0.1) is 0 Å². The van der Waals surface area contributed by atoms with Crippen LogP contribution in [0.1, 0.15) is 96.8 Å². The Hall–Kier alpha value is -0.690. The zero-order valence-corrected chi connectivity index (χ0v) is 18.1. The lowest BCUT2D eigenvalue weighted by atomic mass is 9.99. The molecule has 0 amide bonds. The molecule has 0 radical (unpaired) electrons. The van der Waals surface area contributed by atoms with Gasteiger partial charge in [0.1, 0.15) is 6.10 Å². The quantitative estimate of drug-likeness (QED) is 0.211. The summed E-state index contributed by atoms with van der Waals surface area (Å²) in [5.41, 5.74) is 0. The molecular weight excluding hydrogens is 360 g/mol. The van der Waals surface area contributed by atoms with Gasteiger partial charge in [0.15, 0.2) is 0 Å². The summed E-state index contributed by atoms with van der Waals surface area (Å²) in [5, 5.41) is 29.0. The Morgan fingerprint density at radius 2 is 1.43 bits per heavy atom. The molecule has 0 rings (SSSR count). The number of esters is 1. The van der Waals surface area contributed by atoms with Crippen LogP contribution in [0.3, 0.4) is 0 Å². The van der Waals surface area contributed by atoms with Crippen LogP contribution < -0.4 is 0 Å². The molecule has 0 aromatic carbocycles. The largest absolute Gasteiger partial charge is 0.469 e. The summed E-state index contributed by atoms with van der Waals surface area (Å²) in [4.78, 5) is 11.1. The minimum absolute atomic E-state index is 0.0495. The van der Waals surface area contributed by atoms with Crippen LogP contribution in [0.2, 0.25) is 0 Å². The van der Waals surface area contributed by atoms with Crippen LogP contribution in [0.4, 0.5) is 0 Å². The molecule has 6 heteroatoms. The Balaban J connectivity index is 4.05. The molecule has 0 fully saturated rings. The number of aliphatic hydroxyl groups excluding tert-OH is 3. The van der Waals surface area contributed by atoms with Crippen LogP contribution in [-0.2, 0) is 14.3 Å². The molecule has 0 saturated carbocycles. The SMILES string of the molecule is CCCCCCCCC(O)C(CCCCCCCC(=O)OC)OCC(O)CO. The topological polar surface area (TPSA) is 96.2 Å². The maximum atomic E-state index is 11.1. The summed E-state index contributed by atoms with van der Waals surface area (Å²) in [6.45, 7) is 1.92. The summed E-state index contributed by atoms with van der Waals surface area (Å²) in [7, 11) is 1.41. The van der Waals surface area contributed by atoms with Gasteiger partial charge >= 0.3 is 5.97 Å². The highest BCUT2D eigenvalue weighted by atomic mass is 16.5. The zero-order chi connectivity index (χ0) is 21.0. The molecule has 0 aromatic rings. The molecule has 3 atom stereocenters. The summed E-state index contributed by atoms with van der Waals surface area (Å²) in [6.07, 6.45) is 12.1. The van der Waals surface area contributed by atoms with Crippen LogP contribution in [0.15, 0.2) is 0 Å². The normalized spacial score (nSPS) is 14.6. The zero-order valence-electron chi connectivity index (χ0n) is 18.1. The summed E-state index contributed by atoms with van der Waals surface area (Å²) in [5.74, 6) is -0.159. The number of rotatable bonds is 20. The minimum atomic E-state index is -0.901. The summed E-state index contributed by atoms with van der Waals surface area (Å²) >= 11 is 0. The number of aliphatic hydroxyl groups is 3. The fourth-order valence-corrected chi connectivity index (χ4v) is 3.24. The molecule has 28 heavy (non-hydrogen) atoms. The van der Waals surface area contributed by atoms with Gasteiger partial charge in [-0.2, -0.15) is 0 Å². The molecule has 0 spiro atoms. The van der Waals surface area contributed by atoms with E-state index >= 15 is 0 Å². The van der Waals surface area contributed by atoms with Gasteiger partial charge in [-0.3, -0.25) is 4.79 Å². The van der Waals surface area contributed by atoms with Crippen LogP contribution in [-0.4, -0.2) is 59.9 Å². The van der Waals surface area contributed by atoms with Crippen LogP contribution in [0.5, 0.6) is 0 Å².